The molecule has 1 saturated heterocycles. The van der Waals surface area contributed by atoms with Crippen LogP contribution >= 0.6 is 0 Å². The van der Waals surface area contributed by atoms with Crippen LogP contribution in [-0.2, 0) is 6.42 Å². The Hall–Kier alpha value is -4.29. The fourth-order valence-electron chi connectivity index (χ4n) is 5.68. The number of hydrogen-bond acceptors (Lipinski definition) is 6. The average molecular weight is 544 g/mol. The van der Waals surface area contributed by atoms with Gasteiger partial charge in [0, 0.05) is 30.4 Å². The third-order valence-electron chi connectivity index (χ3n) is 8.05. The number of benzene rings is 3. The molecule has 2 N–H and O–H groups in total. The van der Waals surface area contributed by atoms with Gasteiger partial charge in [-0.3, -0.25) is 0 Å². The molecule has 208 valence electrons. The molecule has 2 aromatic heterocycles. The summed E-state index contributed by atoms with van der Waals surface area (Å²) in [5.74, 6) is 2.49. The van der Waals surface area contributed by atoms with Crippen LogP contribution in [0.15, 0.2) is 91.3 Å². The zero-order valence-electron chi connectivity index (χ0n) is 23.8. The second-order valence-electron chi connectivity index (χ2n) is 11.0. The molecule has 3 heterocycles. The lowest BCUT2D eigenvalue weighted by Crippen LogP contribution is -2.38. The molecule has 0 unspecified atom stereocenters. The van der Waals surface area contributed by atoms with Gasteiger partial charge < -0.3 is 15.4 Å². The van der Waals surface area contributed by atoms with Crippen LogP contribution in [0.1, 0.15) is 48.8 Å². The number of hydrogen-bond donors (Lipinski definition) is 2. The Bertz CT molecular complexity index is 1610. The third kappa shape index (κ3) is 6.23. The summed E-state index contributed by atoms with van der Waals surface area (Å²) in [6.45, 7) is 6.38. The van der Waals surface area contributed by atoms with E-state index in [4.69, 9.17) is 9.72 Å². The van der Waals surface area contributed by atoms with Crippen LogP contribution in [0.25, 0.3) is 22.0 Å². The zero-order chi connectivity index (χ0) is 28.0. The number of nitrogens with zero attached hydrogens (tertiary/aromatic N) is 3. The van der Waals surface area contributed by atoms with Crippen molar-refractivity contribution in [2.45, 2.75) is 51.5 Å². The molecule has 0 amide bonds. The molecule has 1 fully saturated rings. The van der Waals surface area contributed by atoms with Crippen LogP contribution in [-0.4, -0.2) is 34.1 Å². The van der Waals surface area contributed by atoms with Crippen LogP contribution in [0.2, 0.25) is 0 Å². The molecule has 0 bridgehead atoms. The van der Waals surface area contributed by atoms with Crippen molar-refractivity contribution in [3.05, 3.63) is 108 Å². The summed E-state index contributed by atoms with van der Waals surface area (Å²) < 4.78 is 6.65. The fourth-order valence-corrected chi connectivity index (χ4v) is 5.68. The maximum Gasteiger partial charge on any atom is 0.228 e. The monoisotopic (exact) mass is 543 g/mol. The quantitative estimate of drug-likeness (QED) is 0.199. The van der Waals surface area contributed by atoms with Gasteiger partial charge in [0.1, 0.15) is 5.75 Å². The Balaban J connectivity index is 1.27. The Kier molecular flexibility index (Phi) is 8.19. The van der Waals surface area contributed by atoms with Crippen molar-refractivity contribution < 1.29 is 4.74 Å². The van der Waals surface area contributed by atoms with Crippen LogP contribution in [0, 0.1) is 6.92 Å². The molecule has 0 aliphatic carbocycles. The van der Waals surface area contributed by atoms with Crippen molar-refractivity contribution in [2.24, 2.45) is 0 Å². The van der Waals surface area contributed by atoms with E-state index in [1.54, 1.807) is 12.4 Å². The van der Waals surface area contributed by atoms with Crippen molar-refractivity contribution in [1.29, 1.82) is 0 Å². The number of pyridine rings is 1. The average Bonchev–Trinajstić information content (AvgIpc) is 3.02. The predicted octanol–water partition coefficient (Wildman–Crippen LogP) is 7.69. The van der Waals surface area contributed by atoms with Crippen LogP contribution in [0.3, 0.4) is 0 Å². The van der Waals surface area contributed by atoms with Gasteiger partial charge in [-0.1, -0.05) is 67.6 Å². The lowest BCUT2D eigenvalue weighted by atomic mass is 9.92. The van der Waals surface area contributed by atoms with Gasteiger partial charge in [0.25, 0.3) is 0 Å². The lowest BCUT2D eigenvalue weighted by molar-refractivity contribution is 0.466. The highest BCUT2D eigenvalue weighted by Crippen LogP contribution is 2.38. The second-order valence-corrected chi connectivity index (χ2v) is 11.0. The number of aryl methyl sites for hydroxylation is 2. The summed E-state index contributed by atoms with van der Waals surface area (Å²) in [4.78, 5) is 14.0. The van der Waals surface area contributed by atoms with E-state index in [2.05, 4.69) is 95.1 Å². The van der Waals surface area contributed by atoms with E-state index in [0.29, 0.717) is 23.8 Å². The Labute approximate surface area is 242 Å². The maximum absolute atomic E-state index is 6.65. The Morgan fingerprint density at radius 2 is 1.83 bits per heavy atom. The van der Waals surface area contributed by atoms with Gasteiger partial charge in [-0.05, 0) is 85.3 Å². The van der Waals surface area contributed by atoms with Crippen LogP contribution in [0.5, 0.6) is 11.6 Å². The first kappa shape index (κ1) is 26.9. The molecule has 1 aliphatic heterocycles. The number of nitrogens with one attached hydrogen (secondary N) is 2. The van der Waals surface area contributed by atoms with Gasteiger partial charge in [0.2, 0.25) is 11.8 Å². The van der Waals surface area contributed by atoms with Crippen molar-refractivity contribution in [2.75, 3.05) is 18.4 Å². The van der Waals surface area contributed by atoms with E-state index in [1.165, 1.54) is 16.5 Å². The molecular formula is C35H37N5O. The molecule has 0 spiro atoms. The minimum atomic E-state index is 0.326. The van der Waals surface area contributed by atoms with E-state index < -0.39 is 0 Å². The predicted molar refractivity (Wildman–Crippen MR) is 167 cm³/mol. The molecular weight excluding hydrogens is 506 g/mol. The molecule has 2 atom stereocenters. The first-order chi connectivity index (χ1) is 20.2. The van der Waals surface area contributed by atoms with Gasteiger partial charge in [-0.2, -0.15) is 0 Å². The molecule has 0 saturated carbocycles. The number of aromatic nitrogens is 3. The summed E-state index contributed by atoms with van der Waals surface area (Å²) in [5.41, 5.74) is 5.40. The highest BCUT2D eigenvalue weighted by molar-refractivity contribution is 5.92. The normalized spacial score (nSPS) is 15.9. The van der Waals surface area contributed by atoms with Gasteiger partial charge in [0.15, 0.2) is 0 Å². The van der Waals surface area contributed by atoms with Crippen LogP contribution < -0.4 is 15.4 Å². The van der Waals surface area contributed by atoms with Gasteiger partial charge in [-0.15, -0.1) is 0 Å². The number of anilines is 1. The molecule has 5 aromatic rings. The summed E-state index contributed by atoms with van der Waals surface area (Å²) in [6, 6.07) is 27.8. The molecule has 6 nitrogen and oxygen atoms in total. The minimum absolute atomic E-state index is 0.326. The molecule has 0 radical (unpaired) electrons. The Morgan fingerprint density at radius 3 is 2.68 bits per heavy atom. The van der Waals surface area contributed by atoms with Crippen molar-refractivity contribution in [3.63, 3.8) is 0 Å². The van der Waals surface area contributed by atoms with Gasteiger partial charge >= 0.3 is 0 Å². The Morgan fingerprint density at radius 1 is 0.927 bits per heavy atom. The third-order valence-corrected chi connectivity index (χ3v) is 8.05. The number of rotatable bonds is 9. The number of ether oxygens (including phenoxy) is 1. The summed E-state index contributed by atoms with van der Waals surface area (Å²) in [6.07, 6.45) is 7.90. The van der Waals surface area contributed by atoms with E-state index in [9.17, 15) is 0 Å². The fraction of sp³-hybridized carbons (Fsp3) is 0.286. The topological polar surface area (TPSA) is 72.0 Å². The van der Waals surface area contributed by atoms with Crippen molar-refractivity contribution in [3.8, 4) is 22.9 Å². The number of fused-ring (bicyclic) bond motifs is 1. The van der Waals surface area contributed by atoms with E-state index in [-0.39, 0.29) is 0 Å². The van der Waals surface area contributed by atoms with E-state index >= 15 is 0 Å². The highest BCUT2D eigenvalue weighted by Gasteiger charge is 2.17. The van der Waals surface area contributed by atoms with Crippen molar-refractivity contribution >= 4 is 16.7 Å². The van der Waals surface area contributed by atoms with Crippen molar-refractivity contribution in [1.82, 2.24) is 20.3 Å². The minimum Gasteiger partial charge on any atom is -0.437 e. The lowest BCUT2D eigenvalue weighted by Gasteiger charge is -2.23. The van der Waals surface area contributed by atoms with Crippen LogP contribution in [0.4, 0.5) is 5.95 Å². The highest BCUT2D eigenvalue weighted by atomic mass is 16.5. The molecule has 6 rings (SSSR count). The first-order valence-corrected chi connectivity index (χ1v) is 14.7. The summed E-state index contributed by atoms with van der Waals surface area (Å²) in [7, 11) is 0. The largest absolute Gasteiger partial charge is 0.437 e. The molecule has 41 heavy (non-hydrogen) atoms. The van der Waals surface area contributed by atoms with Gasteiger partial charge in [-0.25, -0.2) is 15.0 Å². The zero-order valence-corrected chi connectivity index (χ0v) is 23.8. The SMILES string of the molecule is Cc1ccc2c(CC[C@@H](C)c3ccccc3)cccc2c1Oc1ncccc1-c1ccnc(N[C@H]2CCCNC2)n1. The standard InChI is InChI=1S/C35H37N5O/c1-24(26-9-4-3-5-10-26)15-17-27-11-6-13-30-29(27)18-16-25(2)33(30)41-34-31(14-8-21-37-34)32-19-22-38-35(40-32)39-28-12-7-20-36-23-28/h3-6,8-11,13-14,16,18-19,21-22,24,28,36H,7,12,15,17,20,23H2,1-2H3,(H,38,39,40)/t24-,28+/m1/s1. The summed E-state index contributed by atoms with van der Waals surface area (Å²) in [5, 5.41) is 9.24. The molecule has 6 heteroatoms. The van der Waals surface area contributed by atoms with E-state index in [0.717, 1.165) is 66.7 Å². The maximum atomic E-state index is 6.65. The molecule has 3 aromatic carbocycles. The second kappa shape index (κ2) is 12.5. The van der Waals surface area contributed by atoms with Gasteiger partial charge in [0.05, 0.1) is 11.3 Å². The molecule has 1 aliphatic rings. The number of piperidine rings is 1. The smallest absolute Gasteiger partial charge is 0.228 e. The summed E-state index contributed by atoms with van der Waals surface area (Å²) >= 11 is 0. The van der Waals surface area contributed by atoms with E-state index in [1.807, 2.05) is 18.2 Å². The first-order valence-electron chi connectivity index (χ1n) is 14.7.